The lowest BCUT2D eigenvalue weighted by molar-refractivity contribution is -0.211. The van der Waals surface area contributed by atoms with E-state index in [0.717, 1.165) is 0 Å². The van der Waals surface area contributed by atoms with Gasteiger partial charge in [0.15, 0.2) is 0 Å². The molecule has 0 aliphatic carbocycles. The van der Waals surface area contributed by atoms with E-state index in [1.54, 1.807) is 48.5 Å². The van der Waals surface area contributed by atoms with Gasteiger partial charge in [-0.05, 0) is 10.9 Å². The summed E-state index contributed by atoms with van der Waals surface area (Å²) in [5.41, 5.74) is 1.15. The quantitative estimate of drug-likeness (QED) is 0.566. The maximum atomic E-state index is 12.7. The van der Waals surface area contributed by atoms with Crippen LogP contribution in [0.5, 0.6) is 0 Å². The van der Waals surface area contributed by atoms with Crippen LogP contribution in [0.15, 0.2) is 60.7 Å². The average Bonchev–Trinajstić information content (AvgIpc) is 2.53. The van der Waals surface area contributed by atoms with Crippen molar-refractivity contribution in [3.05, 3.63) is 60.7 Å². The second kappa shape index (κ2) is 7.20. The summed E-state index contributed by atoms with van der Waals surface area (Å²) in [6.07, 6.45) is 0. The van der Waals surface area contributed by atoms with Gasteiger partial charge in [-0.3, -0.25) is 0 Å². The first-order chi connectivity index (χ1) is 11.3. The van der Waals surface area contributed by atoms with E-state index in [2.05, 4.69) is 0 Å². The molecule has 2 aromatic carbocycles. The van der Waals surface area contributed by atoms with Crippen molar-refractivity contribution >= 4 is 41.0 Å². The minimum atomic E-state index is -3.53. The minimum absolute atomic E-state index is 0.576. The molecular formula is C14H16B2O6P2. The minimum Gasteiger partial charge on any atom is -0.634 e. The van der Waals surface area contributed by atoms with Crippen molar-refractivity contribution in [2.24, 2.45) is 0 Å². The van der Waals surface area contributed by atoms with E-state index >= 15 is 0 Å². The van der Waals surface area contributed by atoms with Gasteiger partial charge in [0, 0.05) is 0 Å². The van der Waals surface area contributed by atoms with Crippen LogP contribution in [-0.2, 0) is 17.8 Å². The first kappa shape index (κ1) is 18.0. The molecule has 24 heavy (non-hydrogen) atoms. The zero-order chi connectivity index (χ0) is 17.2. The lowest BCUT2D eigenvalue weighted by atomic mass is 9.80. The smallest absolute Gasteiger partial charge is 0.585 e. The predicted octanol–water partition coefficient (Wildman–Crippen LogP) is 0.363. The molecule has 0 saturated carbocycles. The number of rotatable bonds is 2. The largest absolute Gasteiger partial charge is 0.634 e. The molecule has 0 unspecified atom stereocenters. The highest BCUT2D eigenvalue weighted by Crippen LogP contribution is 2.58. The fraction of sp³-hybridized carbons (Fsp3) is 0.143. The summed E-state index contributed by atoms with van der Waals surface area (Å²) >= 11 is 0. The van der Waals surface area contributed by atoms with Gasteiger partial charge in [0.2, 0.25) is 15.9 Å². The van der Waals surface area contributed by atoms with Crippen molar-refractivity contribution in [1.29, 1.82) is 0 Å². The lowest BCUT2D eigenvalue weighted by Gasteiger charge is -2.35. The van der Waals surface area contributed by atoms with Crippen LogP contribution in [0.2, 0.25) is 0 Å². The predicted molar refractivity (Wildman–Crippen MR) is 93.7 cm³/mol. The second-order valence-corrected chi connectivity index (χ2v) is 9.38. The van der Waals surface area contributed by atoms with Crippen LogP contribution < -0.4 is 20.7 Å². The Bertz CT molecular complexity index is 598. The van der Waals surface area contributed by atoms with Crippen molar-refractivity contribution in [3.63, 3.8) is 0 Å². The molecule has 0 spiro atoms. The monoisotopic (exact) mass is 364 g/mol. The zero-order valence-electron chi connectivity index (χ0n) is 13.3. The second-order valence-electron chi connectivity index (χ2n) is 5.45. The third-order valence-corrected chi connectivity index (χ3v) is 5.59. The summed E-state index contributed by atoms with van der Waals surface area (Å²) in [5.74, 6) is 0. The fourth-order valence-corrected chi connectivity index (χ4v) is 4.53. The average molecular weight is 364 g/mol. The Kier molecular flexibility index (Phi) is 5.40. The van der Waals surface area contributed by atoms with E-state index in [-0.39, 0.29) is 0 Å². The van der Waals surface area contributed by atoms with Gasteiger partial charge in [-0.2, -0.15) is 0 Å². The zero-order valence-corrected chi connectivity index (χ0v) is 15.1. The Hall–Kier alpha value is -0.810. The summed E-state index contributed by atoms with van der Waals surface area (Å²) in [6, 6.07) is 17.6. The maximum Gasteiger partial charge on any atom is 0.585 e. The number of benzene rings is 2. The topological polar surface area (TPSA) is 83.0 Å². The van der Waals surface area contributed by atoms with Gasteiger partial charge in [0.05, 0.1) is 13.3 Å². The molecule has 1 heterocycles. The normalized spacial score (nSPS) is 28.3. The molecule has 0 N–H and O–H groups in total. The maximum absolute atomic E-state index is 12.7. The third-order valence-electron chi connectivity index (χ3n) is 3.29. The Morgan fingerprint density at radius 3 is 1.21 bits per heavy atom. The molecule has 1 aliphatic heterocycles. The summed E-state index contributed by atoms with van der Waals surface area (Å²) in [6.45, 7) is 2.66. The van der Waals surface area contributed by atoms with Crippen LogP contribution in [0, 0.1) is 0 Å². The van der Waals surface area contributed by atoms with Gasteiger partial charge >= 0.3 is 14.2 Å². The molecule has 0 aromatic heterocycles. The number of hydrogen-bond acceptors (Lipinski definition) is 6. The third kappa shape index (κ3) is 4.63. The van der Waals surface area contributed by atoms with Crippen molar-refractivity contribution in [2.75, 3.05) is 13.3 Å². The molecule has 6 nitrogen and oxygen atoms in total. The SMILES string of the molecule is C[P+]1([O-])OB(c2ccccc2)O[P+](C)([O-])OB(c2ccccc2)O1. The van der Waals surface area contributed by atoms with Crippen LogP contribution in [0.25, 0.3) is 0 Å². The molecule has 10 heteroatoms. The highest BCUT2D eigenvalue weighted by molar-refractivity contribution is 7.64. The van der Waals surface area contributed by atoms with Crippen molar-refractivity contribution in [1.82, 2.24) is 0 Å². The van der Waals surface area contributed by atoms with Gasteiger partial charge in [0.1, 0.15) is 0 Å². The standard InChI is InChI=1S/C14H16B2O6P2/c1-23(17)19-15(13-9-5-3-6-10-13)21-24(2,18)22-16(20-23)14-11-7-4-8-12-14/h3-12H,1-2H3. The lowest BCUT2D eigenvalue weighted by Crippen LogP contribution is -2.48. The van der Waals surface area contributed by atoms with Crippen molar-refractivity contribution in [3.8, 4) is 0 Å². The highest BCUT2D eigenvalue weighted by atomic mass is 31.2. The molecule has 0 radical (unpaired) electrons. The first-order valence-electron chi connectivity index (χ1n) is 7.33. The molecule has 1 fully saturated rings. The van der Waals surface area contributed by atoms with E-state index in [1.165, 1.54) is 13.3 Å². The van der Waals surface area contributed by atoms with Crippen molar-refractivity contribution < 1.29 is 27.6 Å². The van der Waals surface area contributed by atoms with E-state index in [0.29, 0.717) is 10.9 Å². The highest BCUT2D eigenvalue weighted by Gasteiger charge is 2.51. The Balaban J connectivity index is 1.89. The summed E-state index contributed by atoms with van der Waals surface area (Å²) in [4.78, 5) is 25.4. The molecule has 0 atom stereocenters. The van der Waals surface area contributed by atoms with E-state index in [4.69, 9.17) is 17.8 Å². The molecule has 2 aromatic rings. The first-order valence-corrected chi connectivity index (χ1v) is 11.3. The molecule has 3 rings (SSSR count). The van der Waals surface area contributed by atoms with Crippen molar-refractivity contribution in [2.45, 2.75) is 0 Å². The Morgan fingerprint density at radius 1 is 0.625 bits per heavy atom. The molecule has 1 saturated heterocycles. The molecular weight excluding hydrogens is 348 g/mol. The molecule has 124 valence electrons. The van der Waals surface area contributed by atoms with E-state index in [9.17, 15) is 9.79 Å². The van der Waals surface area contributed by atoms with Gasteiger partial charge < -0.3 is 9.79 Å². The Morgan fingerprint density at radius 2 is 0.917 bits per heavy atom. The van der Waals surface area contributed by atoms with Gasteiger partial charge in [0.25, 0.3) is 0 Å². The summed E-state index contributed by atoms with van der Waals surface area (Å²) in [7, 11) is -9.26. The van der Waals surface area contributed by atoms with Gasteiger partial charge in [-0.15, -0.1) is 0 Å². The van der Waals surface area contributed by atoms with Crippen LogP contribution in [0.3, 0.4) is 0 Å². The number of hydrogen-bond donors (Lipinski definition) is 0. The van der Waals surface area contributed by atoms with E-state index < -0.39 is 30.1 Å². The summed E-state index contributed by atoms with van der Waals surface area (Å²) in [5, 5.41) is 0. The van der Waals surface area contributed by atoms with Gasteiger partial charge in [-0.25, -0.2) is 17.8 Å². The van der Waals surface area contributed by atoms with Crippen LogP contribution >= 0.6 is 15.9 Å². The fourth-order valence-electron chi connectivity index (χ4n) is 2.25. The summed E-state index contributed by atoms with van der Waals surface area (Å²) < 4.78 is 22.0. The van der Waals surface area contributed by atoms with Crippen LogP contribution in [0.1, 0.15) is 0 Å². The van der Waals surface area contributed by atoms with E-state index in [1.807, 2.05) is 12.1 Å². The van der Waals surface area contributed by atoms with Crippen LogP contribution in [-0.4, -0.2) is 27.6 Å². The molecule has 0 amide bonds. The van der Waals surface area contributed by atoms with Gasteiger partial charge in [-0.1, -0.05) is 60.7 Å². The molecule has 0 bridgehead atoms. The van der Waals surface area contributed by atoms with Crippen LogP contribution in [0.4, 0.5) is 0 Å². The molecule has 1 aliphatic rings. The Labute approximate surface area is 143 Å².